The second-order valence-electron chi connectivity index (χ2n) is 4.80. The van der Waals surface area contributed by atoms with Crippen molar-refractivity contribution in [2.75, 3.05) is 31.2 Å². The van der Waals surface area contributed by atoms with E-state index >= 15 is 0 Å². The highest BCUT2D eigenvalue weighted by Crippen LogP contribution is 2.35. The first kappa shape index (κ1) is 15.6. The van der Waals surface area contributed by atoms with Gasteiger partial charge in [-0.05, 0) is 39.1 Å². The number of halogens is 3. The van der Waals surface area contributed by atoms with Gasteiger partial charge in [0.15, 0.2) is 0 Å². The van der Waals surface area contributed by atoms with E-state index in [-0.39, 0.29) is 11.4 Å². The Kier molecular flexibility index (Phi) is 5.05. The molecule has 0 unspecified atom stereocenters. The van der Waals surface area contributed by atoms with E-state index in [0.29, 0.717) is 19.1 Å². The third-order valence-electron chi connectivity index (χ3n) is 3.01. The van der Waals surface area contributed by atoms with E-state index < -0.39 is 11.7 Å². The third kappa shape index (κ3) is 4.63. The van der Waals surface area contributed by atoms with Crippen LogP contribution in [-0.4, -0.2) is 31.1 Å². The highest BCUT2D eigenvalue weighted by atomic mass is 19.4. The Morgan fingerprint density at radius 2 is 1.95 bits per heavy atom. The molecule has 0 atom stereocenters. The molecule has 6 heteroatoms. The molecule has 0 bridgehead atoms. The van der Waals surface area contributed by atoms with Crippen LogP contribution in [0.3, 0.4) is 0 Å². The summed E-state index contributed by atoms with van der Waals surface area (Å²) < 4.78 is 38.5. The van der Waals surface area contributed by atoms with E-state index in [4.69, 9.17) is 5.73 Å². The van der Waals surface area contributed by atoms with Crippen LogP contribution in [0.1, 0.15) is 19.4 Å². The van der Waals surface area contributed by atoms with E-state index in [9.17, 15) is 13.2 Å². The molecular weight excluding hydrogens is 255 g/mol. The predicted molar refractivity (Wildman–Crippen MR) is 72.1 cm³/mol. The summed E-state index contributed by atoms with van der Waals surface area (Å²) in [7, 11) is 1.93. The van der Waals surface area contributed by atoms with Crippen LogP contribution in [0.2, 0.25) is 0 Å². The first-order chi connectivity index (χ1) is 8.71. The number of nitrogens with two attached hydrogens (primary N) is 1. The van der Waals surface area contributed by atoms with Crippen LogP contribution in [0.15, 0.2) is 18.2 Å². The number of likely N-dealkylation sites (N-methyl/N-ethyl adjacent to an activating group) is 1. The molecule has 0 aliphatic carbocycles. The van der Waals surface area contributed by atoms with Gasteiger partial charge in [0.05, 0.1) is 5.56 Å². The largest absolute Gasteiger partial charge is 0.418 e. The quantitative estimate of drug-likeness (QED) is 0.812. The van der Waals surface area contributed by atoms with Gasteiger partial charge in [-0.15, -0.1) is 0 Å². The number of rotatable bonds is 5. The average Bonchev–Trinajstić information content (AvgIpc) is 2.29. The summed E-state index contributed by atoms with van der Waals surface area (Å²) in [6.07, 6.45) is -4.40. The molecule has 1 rings (SSSR count). The fraction of sp³-hybridized carbons (Fsp3) is 0.538. The van der Waals surface area contributed by atoms with Crippen LogP contribution >= 0.6 is 0 Å². The van der Waals surface area contributed by atoms with Gasteiger partial charge in [-0.2, -0.15) is 13.2 Å². The molecule has 0 aliphatic rings. The van der Waals surface area contributed by atoms with Crippen molar-refractivity contribution >= 4 is 11.4 Å². The molecule has 0 heterocycles. The number of hydrogen-bond acceptors (Lipinski definition) is 3. The molecular formula is C13H20F3N3. The summed E-state index contributed by atoms with van der Waals surface area (Å²) >= 11 is 0. The lowest BCUT2D eigenvalue weighted by molar-refractivity contribution is -0.136. The van der Waals surface area contributed by atoms with Gasteiger partial charge in [-0.1, -0.05) is 0 Å². The third-order valence-corrected chi connectivity index (χ3v) is 3.01. The maximum Gasteiger partial charge on any atom is 0.418 e. The zero-order valence-electron chi connectivity index (χ0n) is 11.4. The van der Waals surface area contributed by atoms with Crippen molar-refractivity contribution in [1.29, 1.82) is 0 Å². The van der Waals surface area contributed by atoms with Gasteiger partial charge in [0.1, 0.15) is 0 Å². The van der Waals surface area contributed by atoms with Gasteiger partial charge in [-0.3, -0.25) is 0 Å². The second kappa shape index (κ2) is 6.14. The molecule has 108 valence electrons. The minimum absolute atomic E-state index is 0.0684. The highest BCUT2D eigenvalue weighted by molar-refractivity contribution is 5.59. The summed E-state index contributed by atoms with van der Waals surface area (Å²) in [5.41, 5.74) is 4.86. The average molecular weight is 275 g/mol. The van der Waals surface area contributed by atoms with Crippen LogP contribution in [0.4, 0.5) is 24.5 Å². The number of nitrogen functional groups attached to an aromatic ring is 1. The number of benzene rings is 1. The topological polar surface area (TPSA) is 41.3 Å². The van der Waals surface area contributed by atoms with E-state index in [2.05, 4.69) is 10.2 Å². The fourth-order valence-electron chi connectivity index (χ4n) is 1.58. The summed E-state index contributed by atoms with van der Waals surface area (Å²) in [4.78, 5) is 2.05. The molecule has 0 aromatic heterocycles. The zero-order valence-corrected chi connectivity index (χ0v) is 11.4. The van der Waals surface area contributed by atoms with Crippen LogP contribution in [0, 0.1) is 0 Å². The Balaban J connectivity index is 2.73. The lowest BCUT2D eigenvalue weighted by Crippen LogP contribution is -2.31. The molecule has 0 aliphatic heterocycles. The number of nitrogens with one attached hydrogen (secondary N) is 1. The van der Waals surface area contributed by atoms with Crippen molar-refractivity contribution in [3.8, 4) is 0 Å². The Morgan fingerprint density at radius 1 is 1.32 bits per heavy atom. The monoisotopic (exact) mass is 275 g/mol. The molecule has 19 heavy (non-hydrogen) atoms. The van der Waals surface area contributed by atoms with Gasteiger partial charge >= 0.3 is 6.18 Å². The van der Waals surface area contributed by atoms with Crippen molar-refractivity contribution in [2.24, 2.45) is 0 Å². The Labute approximate surface area is 111 Å². The van der Waals surface area contributed by atoms with Gasteiger partial charge in [-0.25, -0.2) is 0 Å². The lowest BCUT2D eigenvalue weighted by Gasteiger charge is -2.22. The van der Waals surface area contributed by atoms with E-state index in [1.165, 1.54) is 12.1 Å². The smallest absolute Gasteiger partial charge is 0.399 e. The fourth-order valence-corrected chi connectivity index (χ4v) is 1.58. The lowest BCUT2D eigenvalue weighted by atomic mass is 10.1. The summed E-state index contributed by atoms with van der Waals surface area (Å²) in [6.45, 7) is 5.18. The molecule has 1 aromatic rings. The van der Waals surface area contributed by atoms with E-state index in [1.54, 1.807) is 0 Å². The molecule has 0 amide bonds. The highest BCUT2D eigenvalue weighted by Gasteiger charge is 2.33. The maximum absolute atomic E-state index is 12.8. The molecule has 0 saturated heterocycles. The Hall–Kier alpha value is -1.43. The predicted octanol–water partition coefficient (Wildman–Crippen LogP) is 3.04. The summed E-state index contributed by atoms with van der Waals surface area (Å²) in [5, 5.41) is 2.82. The number of nitrogens with zero attached hydrogens (tertiary/aromatic N) is 1. The minimum atomic E-state index is -4.40. The Morgan fingerprint density at radius 3 is 2.47 bits per heavy atom. The van der Waals surface area contributed by atoms with Crippen molar-refractivity contribution in [3.63, 3.8) is 0 Å². The molecule has 0 fully saturated rings. The molecule has 0 spiro atoms. The molecule has 0 radical (unpaired) electrons. The SMILES string of the molecule is CC(C)N(C)CCNc1ccc(N)cc1C(F)(F)F. The standard InChI is InChI=1S/C13H20F3N3/c1-9(2)19(3)7-6-18-12-5-4-10(17)8-11(12)13(14,15)16/h4-5,8-9,18H,6-7,17H2,1-3H3. The van der Waals surface area contributed by atoms with E-state index in [1.807, 2.05) is 20.9 Å². The van der Waals surface area contributed by atoms with Crippen molar-refractivity contribution < 1.29 is 13.2 Å². The number of hydrogen-bond donors (Lipinski definition) is 2. The van der Waals surface area contributed by atoms with Crippen LogP contribution in [-0.2, 0) is 6.18 Å². The van der Waals surface area contributed by atoms with Gasteiger partial charge < -0.3 is 16.0 Å². The van der Waals surface area contributed by atoms with Crippen molar-refractivity contribution in [3.05, 3.63) is 23.8 Å². The van der Waals surface area contributed by atoms with Crippen LogP contribution < -0.4 is 11.1 Å². The second-order valence-corrected chi connectivity index (χ2v) is 4.80. The molecule has 1 aromatic carbocycles. The van der Waals surface area contributed by atoms with Crippen molar-refractivity contribution in [2.45, 2.75) is 26.1 Å². The van der Waals surface area contributed by atoms with E-state index in [0.717, 1.165) is 6.07 Å². The van der Waals surface area contributed by atoms with Gasteiger partial charge in [0.2, 0.25) is 0 Å². The first-order valence-corrected chi connectivity index (χ1v) is 6.12. The van der Waals surface area contributed by atoms with Gasteiger partial charge in [0, 0.05) is 30.5 Å². The molecule has 3 N–H and O–H groups in total. The number of anilines is 2. The normalized spacial score (nSPS) is 12.2. The maximum atomic E-state index is 12.8. The summed E-state index contributed by atoms with van der Waals surface area (Å²) in [6, 6.07) is 4.14. The minimum Gasteiger partial charge on any atom is -0.399 e. The van der Waals surface area contributed by atoms with Gasteiger partial charge in [0.25, 0.3) is 0 Å². The zero-order chi connectivity index (χ0) is 14.6. The molecule has 0 saturated carbocycles. The Bertz CT molecular complexity index is 416. The van der Waals surface area contributed by atoms with Crippen LogP contribution in [0.25, 0.3) is 0 Å². The number of alkyl halides is 3. The first-order valence-electron chi connectivity index (χ1n) is 6.12. The van der Waals surface area contributed by atoms with Crippen LogP contribution in [0.5, 0.6) is 0 Å². The molecule has 3 nitrogen and oxygen atoms in total. The summed E-state index contributed by atoms with van der Waals surface area (Å²) in [5.74, 6) is 0. The van der Waals surface area contributed by atoms with Crippen molar-refractivity contribution in [1.82, 2.24) is 4.90 Å².